The molecule has 97 heavy (non-hydrogen) atoms. The molecule has 0 bridgehead atoms. The van der Waals surface area contributed by atoms with Crippen LogP contribution in [0, 0.1) is 5.92 Å². The first-order chi connectivity index (χ1) is 45.9. The fourth-order valence-corrected chi connectivity index (χ4v) is 12.5. The summed E-state index contributed by atoms with van der Waals surface area (Å²) in [6.45, 7) is 2.06. The average molecular weight is 1400 g/mol. The molecule has 3 aromatic carbocycles. The third-order valence-electron chi connectivity index (χ3n) is 16.5. The van der Waals surface area contributed by atoms with Crippen LogP contribution in [-0.2, 0) is 47.7 Å². The number of aliphatic hydroxyl groups excluding tert-OH is 7. The Morgan fingerprint density at radius 1 is 0.794 bits per heavy atom. The van der Waals surface area contributed by atoms with Crippen molar-refractivity contribution in [3.63, 3.8) is 0 Å². The molecule has 33 nitrogen and oxygen atoms in total. The second-order valence-corrected chi connectivity index (χ2v) is 25.1. The number of amides is 8. The number of β-amino-alcohol motifs (C(OH)–C–C–N with tert-alkyl or cyclic N) is 1. The largest absolute Gasteiger partial charge is 1.00 e. The van der Waals surface area contributed by atoms with Crippen LogP contribution in [0.1, 0.15) is 93.7 Å². The van der Waals surface area contributed by atoms with Gasteiger partial charge in [0.1, 0.15) is 59.2 Å². The Balaban J connectivity index is 0.0000133. The predicted molar refractivity (Wildman–Crippen MR) is 335 cm³/mol. The van der Waals surface area contributed by atoms with E-state index >= 15 is 0 Å². The van der Waals surface area contributed by atoms with Crippen molar-refractivity contribution in [2.75, 3.05) is 40.0 Å². The van der Waals surface area contributed by atoms with E-state index in [4.69, 9.17) is 29.5 Å². The van der Waals surface area contributed by atoms with E-state index < -0.39 is 183 Å². The Kier molecular flexibility index (Phi) is 28.7. The van der Waals surface area contributed by atoms with Gasteiger partial charge in [0.25, 0.3) is 18.2 Å². The number of nitrogens with zero attached hydrogens (tertiary/aromatic N) is 5. The molecule has 15 N–H and O–H groups in total. The number of benzene rings is 3. The summed E-state index contributed by atoms with van der Waals surface area (Å²) in [6, 6.07) is 4.18. The second-order valence-electron chi connectivity index (χ2n) is 23.7. The molecule has 3 saturated heterocycles. The van der Waals surface area contributed by atoms with Gasteiger partial charge in [-0.05, 0) is 73.9 Å². The number of carbonyl (C=O) groups is 8. The van der Waals surface area contributed by atoms with Crippen molar-refractivity contribution in [2.24, 2.45) is 11.7 Å². The van der Waals surface area contributed by atoms with Gasteiger partial charge in [0.05, 0.1) is 55.4 Å². The maximum absolute atomic E-state index is 14.7. The van der Waals surface area contributed by atoms with Crippen LogP contribution in [0.4, 0.5) is 0 Å². The summed E-state index contributed by atoms with van der Waals surface area (Å²) in [6.07, 6.45) is -7.97. The number of primary amides is 1. The molecular weight excluding hydrogens is 1330 g/mol. The average Bonchev–Trinajstić information content (AvgIpc) is 1.63. The number of carbonyl (C=O) groups excluding carboxylic acids is 8. The number of aromatic nitrogens is 3. The van der Waals surface area contributed by atoms with Gasteiger partial charge in [-0.25, -0.2) is 9.50 Å². The molecule has 5 heterocycles. The van der Waals surface area contributed by atoms with E-state index in [0.29, 0.717) is 27.8 Å². The molecule has 36 heteroatoms. The maximum atomic E-state index is 14.7. The fourth-order valence-electron chi connectivity index (χ4n) is 11.4. The van der Waals surface area contributed by atoms with Gasteiger partial charge in [-0.2, -0.15) is 5.10 Å². The molecule has 13 unspecified atom stereocenters. The molecule has 0 spiro atoms. The summed E-state index contributed by atoms with van der Waals surface area (Å²) in [5.41, 5.74) is 6.94. The van der Waals surface area contributed by atoms with Crippen LogP contribution < -0.4 is 76.1 Å². The smallest absolute Gasteiger partial charge is 0.691 e. The zero-order valence-electron chi connectivity index (χ0n) is 53.3. The van der Waals surface area contributed by atoms with Crippen molar-refractivity contribution in [1.82, 2.24) is 51.0 Å². The Morgan fingerprint density at radius 3 is 2.10 bits per heavy atom. The quantitative estimate of drug-likeness (QED) is 0.00853. The van der Waals surface area contributed by atoms with Gasteiger partial charge in [-0.3, -0.25) is 43.4 Å². The number of unbranched alkanes of at least 4 members (excludes halogenated alkanes) is 5. The Hall–Kier alpha value is -7.17. The molecular formula is C61H78N11NaO22S2. The van der Waals surface area contributed by atoms with Gasteiger partial charge in [0.15, 0.2) is 11.5 Å². The number of nitrogens with one attached hydrogen (secondary N) is 5. The number of phenols is 1. The first-order valence-corrected chi connectivity index (χ1v) is 32.3. The monoisotopic (exact) mass is 1400 g/mol. The number of rotatable bonds is 25. The van der Waals surface area contributed by atoms with Crippen LogP contribution in [0.2, 0.25) is 0 Å². The van der Waals surface area contributed by atoms with Crippen molar-refractivity contribution in [1.29, 1.82) is 0 Å². The van der Waals surface area contributed by atoms with Crippen molar-refractivity contribution in [2.45, 2.75) is 151 Å². The van der Waals surface area contributed by atoms with Gasteiger partial charge in [-0.15, -0.1) is 4.33 Å². The van der Waals surface area contributed by atoms with E-state index in [1.165, 1.54) is 30.4 Å². The first-order valence-electron chi connectivity index (χ1n) is 30.8. The molecule has 2 aromatic heterocycles. The molecule has 8 rings (SSSR count). The van der Waals surface area contributed by atoms with E-state index in [2.05, 4.69) is 36.0 Å². The van der Waals surface area contributed by atoms with Gasteiger partial charge >= 0.3 is 29.6 Å². The van der Waals surface area contributed by atoms with Crippen LogP contribution in [0.5, 0.6) is 17.2 Å². The minimum Gasteiger partial charge on any atom is -0.691 e. The van der Waals surface area contributed by atoms with Crippen LogP contribution in [0.25, 0.3) is 26.8 Å². The number of nitrogens with two attached hydrogens (primary N) is 1. The fraction of sp³-hybridized carbons (Fsp3) is 0.508. The first kappa shape index (κ1) is 77.2. The molecule has 14 atom stereocenters. The number of aliphatic hydroxyl groups is 7. The molecule has 3 fully saturated rings. The topological polar surface area (TPSA) is 490 Å². The SMILES string of the molecule is COCCCCCCCCOc1ccc(-c2nn3cc(-c4ccc(C(=O)N[C@H]5CC(O)CNC(=O)C6C(O)C(C)CN6C(=O)C(C(O)CC(N)=O)NC(=O)C(C(O)C(O)c6ccc(O)c(OSOO[O-])c6)NC(=O)C6CC(O)CN6C(=O)C(C(C)O)NC5=O)cc4)nc3s2)cc1.[Na+]. The van der Waals surface area contributed by atoms with Crippen LogP contribution in [-0.4, -0.2) is 225 Å². The van der Waals surface area contributed by atoms with E-state index in [1.807, 2.05) is 24.3 Å². The number of ether oxygens (including phenoxy) is 2. The van der Waals surface area contributed by atoms with Gasteiger partial charge in [0.2, 0.25) is 46.3 Å². The molecule has 5 aromatic rings. The molecule has 3 aliphatic rings. The van der Waals surface area contributed by atoms with Crippen molar-refractivity contribution in [3.05, 3.63) is 84.1 Å². The third kappa shape index (κ3) is 20.0. The standard InChI is InChI=1S/C61H79N11O22S2.Na/c1-30-27-71-49(50(30)79)57(86)63-26-36(74)23-39(64-53(82)33-12-10-32(11-13-33)40-29-72-61(65-40)95-58(69-72)34-14-17-38(18-15-34)91-21-9-7-5-4-6-8-20-90-3)54(83)66-46(31(2)73)59(87)70-28-37(75)24-41(70)55(84)68-48(56(85)67-47(60(71)88)43(77)25-45(62)78)52(81)51(80)35-16-19-42(76)44(22-35)92-96-94-93-89;/h10-19,22,29-31,36-37,39,41,43,46-52,73-77,79-81,89H,4-9,20-21,23-28H2,1-3H3,(H2,62,78)(H,63,86)(H,64,82)(H,66,83)(H,67,85)(H,68,84);/q;+1/p-1/t30?,31?,36?,37?,39-,41?,43?,46?,47?,48?,49?,50?,51?,52?;/m0./s1. The Labute approximate surface area is 585 Å². The predicted octanol–water partition coefficient (Wildman–Crippen LogP) is -5.32. The van der Waals surface area contributed by atoms with E-state index in [1.54, 1.807) is 30.0 Å². The number of fused-ring (bicyclic) bond motifs is 3. The third-order valence-corrected chi connectivity index (χ3v) is 17.9. The second kappa shape index (κ2) is 36.1. The number of phenolic OH excluding ortho intramolecular Hbond substituents is 1. The minimum atomic E-state index is -2.54. The Bertz CT molecular complexity index is 3490. The number of imidazole rings is 1. The summed E-state index contributed by atoms with van der Waals surface area (Å²) in [7, 11) is 1.71. The Morgan fingerprint density at radius 2 is 1.44 bits per heavy atom. The molecule has 3 aliphatic heterocycles. The van der Waals surface area contributed by atoms with Crippen LogP contribution >= 0.6 is 23.7 Å². The number of hydrogen-bond acceptors (Lipinski definition) is 26. The van der Waals surface area contributed by atoms with Gasteiger partial charge in [0, 0.05) is 68.8 Å². The summed E-state index contributed by atoms with van der Waals surface area (Å²) >= 11 is 1.26. The molecule has 522 valence electrons. The summed E-state index contributed by atoms with van der Waals surface area (Å²) in [4.78, 5) is 121. The number of methoxy groups -OCH3 is 1. The summed E-state index contributed by atoms with van der Waals surface area (Å²) < 4.78 is 21.7. The molecule has 0 saturated carbocycles. The normalized spacial score (nSPS) is 24.3. The van der Waals surface area contributed by atoms with Crippen LogP contribution in [0.3, 0.4) is 0 Å². The molecule has 0 radical (unpaired) electrons. The van der Waals surface area contributed by atoms with Crippen LogP contribution in [0.15, 0.2) is 72.9 Å². The van der Waals surface area contributed by atoms with Crippen molar-refractivity contribution >= 4 is 75.9 Å². The number of hydrogen-bond donors (Lipinski definition) is 14. The molecule has 8 amide bonds. The van der Waals surface area contributed by atoms with Gasteiger partial charge in [-0.1, -0.05) is 62.1 Å². The summed E-state index contributed by atoms with van der Waals surface area (Å²) in [5.74, 6) is -11.3. The van der Waals surface area contributed by atoms with E-state index in [9.17, 15) is 84.5 Å². The maximum Gasteiger partial charge on any atom is 1.00 e. The summed E-state index contributed by atoms with van der Waals surface area (Å²) in [5, 5.41) is 121. The molecule has 0 aliphatic carbocycles. The zero-order chi connectivity index (χ0) is 69.5. The number of aromatic hydroxyl groups is 1. The van der Waals surface area contributed by atoms with Crippen molar-refractivity contribution in [3.8, 4) is 39.1 Å². The van der Waals surface area contributed by atoms with Gasteiger partial charge < -0.3 is 102 Å². The minimum absolute atomic E-state index is 0. The van der Waals surface area contributed by atoms with E-state index in [-0.39, 0.29) is 53.0 Å². The van der Waals surface area contributed by atoms with Crippen molar-refractivity contribution < 1.29 is 137 Å². The van der Waals surface area contributed by atoms with E-state index in [0.717, 1.165) is 91.4 Å². The zero-order valence-corrected chi connectivity index (χ0v) is 57.0.